The van der Waals surface area contributed by atoms with E-state index in [1.54, 1.807) is 18.0 Å². The van der Waals surface area contributed by atoms with Crippen LogP contribution in [0.3, 0.4) is 0 Å². The van der Waals surface area contributed by atoms with Crippen LogP contribution in [0, 0.1) is 0 Å². The molecule has 11 nitrogen and oxygen atoms in total. The molecule has 2 aliphatic carbocycles. The molecule has 0 aromatic carbocycles. The summed E-state index contributed by atoms with van der Waals surface area (Å²) in [6.45, 7) is 4.53. The SMILES string of the molecule is COc1ncnc(C2CC2)c1-c1nc(NCC23CCC(c4nc(C(F)(F)F)cn4C(C)C)(CC2)CO3)c2[nH]cnc2n1. The maximum atomic E-state index is 13.6. The summed E-state index contributed by atoms with van der Waals surface area (Å²) in [4.78, 5) is 30.0. The zero-order chi connectivity index (χ0) is 29.3. The molecule has 0 radical (unpaired) electrons. The van der Waals surface area contributed by atoms with Crippen molar-refractivity contribution in [1.82, 2.24) is 39.5 Å². The first-order valence-electron chi connectivity index (χ1n) is 14.3. The number of H-pyrrole nitrogens is 1. The van der Waals surface area contributed by atoms with Crippen LogP contribution in [0.4, 0.5) is 19.0 Å². The Balaban J connectivity index is 1.15. The third-order valence-electron chi connectivity index (χ3n) is 8.91. The Kier molecular flexibility index (Phi) is 6.19. The van der Waals surface area contributed by atoms with E-state index in [0.717, 1.165) is 24.7 Å². The summed E-state index contributed by atoms with van der Waals surface area (Å²) in [5.74, 6) is 2.21. The van der Waals surface area contributed by atoms with Gasteiger partial charge in [0.05, 0.1) is 36.8 Å². The molecule has 2 bridgehead atoms. The van der Waals surface area contributed by atoms with Crippen LogP contribution in [-0.2, 0) is 16.3 Å². The topological polar surface area (TPSA) is 129 Å². The van der Waals surface area contributed by atoms with Crippen LogP contribution >= 0.6 is 0 Å². The normalized spacial score (nSPS) is 24.1. The van der Waals surface area contributed by atoms with Gasteiger partial charge in [-0.05, 0) is 52.4 Å². The van der Waals surface area contributed by atoms with Crippen LogP contribution in [0.15, 0.2) is 18.9 Å². The molecule has 6 heterocycles. The van der Waals surface area contributed by atoms with Gasteiger partial charge in [0.25, 0.3) is 0 Å². The van der Waals surface area contributed by atoms with E-state index in [4.69, 9.17) is 19.4 Å². The lowest BCUT2D eigenvalue weighted by Crippen LogP contribution is -2.57. The second-order valence-electron chi connectivity index (χ2n) is 12.0. The van der Waals surface area contributed by atoms with Gasteiger partial charge in [-0.1, -0.05) is 0 Å². The summed E-state index contributed by atoms with van der Waals surface area (Å²) in [5, 5.41) is 3.48. The van der Waals surface area contributed by atoms with E-state index >= 15 is 0 Å². The number of fused-ring (bicyclic) bond motifs is 4. The van der Waals surface area contributed by atoms with Crippen molar-refractivity contribution >= 4 is 17.0 Å². The maximum absolute atomic E-state index is 13.6. The number of nitrogens with one attached hydrogen (secondary N) is 2. The first kappa shape index (κ1) is 27.0. The molecule has 4 fully saturated rings. The van der Waals surface area contributed by atoms with Crippen LogP contribution in [0.2, 0.25) is 0 Å². The second kappa shape index (κ2) is 9.61. The molecular formula is C28H32F3N9O2. The van der Waals surface area contributed by atoms with Crippen molar-refractivity contribution in [3.8, 4) is 17.3 Å². The summed E-state index contributed by atoms with van der Waals surface area (Å²) < 4.78 is 54.4. The van der Waals surface area contributed by atoms with Gasteiger partial charge in [-0.2, -0.15) is 13.2 Å². The third-order valence-corrected chi connectivity index (χ3v) is 8.91. The predicted molar refractivity (Wildman–Crippen MR) is 146 cm³/mol. The van der Waals surface area contributed by atoms with Crippen molar-refractivity contribution < 1.29 is 22.6 Å². The van der Waals surface area contributed by atoms with Crippen LogP contribution < -0.4 is 10.1 Å². The lowest BCUT2D eigenvalue weighted by atomic mass is 9.65. The third kappa shape index (κ3) is 4.46. The summed E-state index contributed by atoms with van der Waals surface area (Å²) in [6, 6.07) is -0.147. The molecule has 8 rings (SSSR count). The van der Waals surface area contributed by atoms with Gasteiger partial charge < -0.3 is 24.3 Å². The molecule has 2 saturated carbocycles. The smallest absolute Gasteiger partial charge is 0.434 e. The number of imidazole rings is 2. The van der Waals surface area contributed by atoms with Crippen LogP contribution in [0.1, 0.15) is 81.5 Å². The number of ether oxygens (including phenoxy) is 2. The molecule has 0 amide bonds. The Morgan fingerprint density at radius 3 is 2.55 bits per heavy atom. The Labute approximate surface area is 239 Å². The highest BCUT2D eigenvalue weighted by Gasteiger charge is 2.53. The van der Waals surface area contributed by atoms with Gasteiger partial charge in [0, 0.05) is 24.7 Å². The molecule has 4 aliphatic rings. The van der Waals surface area contributed by atoms with Gasteiger partial charge in [-0.3, -0.25) is 0 Å². The molecule has 222 valence electrons. The van der Waals surface area contributed by atoms with Crippen molar-refractivity contribution in [3.63, 3.8) is 0 Å². The Morgan fingerprint density at radius 1 is 1.12 bits per heavy atom. The average Bonchev–Trinajstić information content (AvgIpc) is 3.52. The van der Waals surface area contributed by atoms with Crippen molar-refractivity contribution in [1.29, 1.82) is 0 Å². The standard InChI is InChI=1S/C28H32F3N9O2/c1-15(2)40-10-17(28(29,30)31)37-25(40)26-6-8-27(9-7-26,42-12-26)11-32-22-20-23(35-13-34-20)39-21(38-22)18-19(16-4-5-16)33-14-36-24(18)41-3/h10,13-16H,4-9,11-12H2,1-3H3,(H2,32,34,35,38,39). The van der Waals surface area contributed by atoms with E-state index < -0.39 is 22.9 Å². The number of hydrogen-bond acceptors (Lipinski definition) is 9. The monoisotopic (exact) mass is 583 g/mol. The van der Waals surface area contributed by atoms with E-state index in [1.807, 2.05) is 13.8 Å². The first-order valence-corrected chi connectivity index (χ1v) is 14.3. The van der Waals surface area contributed by atoms with Gasteiger partial charge in [-0.25, -0.2) is 29.9 Å². The molecule has 0 unspecified atom stereocenters. The highest BCUT2D eigenvalue weighted by atomic mass is 19.4. The summed E-state index contributed by atoms with van der Waals surface area (Å²) in [7, 11) is 1.56. The summed E-state index contributed by atoms with van der Waals surface area (Å²) in [5.41, 5.74) is 0.834. The van der Waals surface area contributed by atoms with Gasteiger partial charge in [0.15, 0.2) is 23.0 Å². The van der Waals surface area contributed by atoms with Crippen molar-refractivity contribution in [2.24, 2.45) is 0 Å². The molecule has 14 heteroatoms. The highest BCUT2D eigenvalue weighted by molar-refractivity contribution is 5.85. The lowest BCUT2D eigenvalue weighted by Gasteiger charge is -2.53. The first-order chi connectivity index (χ1) is 20.1. The number of methoxy groups -OCH3 is 1. The number of rotatable bonds is 8. The minimum atomic E-state index is -4.49. The Morgan fingerprint density at radius 2 is 1.90 bits per heavy atom. The zero-order valence-corrected chi connectivity index (χ0v) is 23.6. The second-order valence-corrected chi connectivity index (χ2v) is 12.0. The fourth-order valence-corrected chi connectivity index (χ4v) is 6.33. The highest BCUT2D eigenvalue weighted by Crippen LogP contribution is 2.51. The van der Waals surface area contributed by atoms with Gasteiger partial charge in [-0.15, -0.1) is 0 Å². The molecular weight excluding hydrogens is 551 g/mol. The van der Waals surface area contributed by atoms with E-state index in [2.05, 4.69) is 30.2 Å². The van der Waals surface area contributed by atoms with E-state index in [-0.39, 0.29) is 6.04 Å². The number of nitrogens with zero attached hydrogens (tertiary/aromatic N) is 7. The Hall–Kier alpha value is -3.81. The fourth-order valence-electron chi connectivity index (χ4n) is 6.33. The maximum Gasteiger partial charge on any atom is 0.434 e. The quantitative estimate of drug-likeness (QED) is 0.288. The Bertz CT molecular complexity index is 1620. The van der Waals surface area contributed by atoms with E-state index in [0.29, 0.717) is 84.8 Å². The molecule has 0 spiro atoms. The van der Waals surface area contributed by atoms with Crippen molar-refractivity contribution in [3.05, 3.63) is 36.1 Å². The molecule has 42 heavy (non-hydrogen) atoms. The molecule has 0 atom stereocenters. The fraction of sp³-hybridized carbons (Fsp3) is 0.571. The van der Waals surface area contributed by atoms with Crippen LogP contribution in [0.5, 0.6) is 5.88 Å². The van der Waals surface area contributed by atoms with Crippen LogP contribution in [-0.4, -0.2) is 65.3 Å². The minimum absolute atomic E-state index is 0.147. The number of aromatic amines is 1. The minimum Gasteiger partial charge on any atom is -0.480 e. The van der Waals surface area contributed by atoms with Gasteiger partial charge >= 0.3 is 6.18 Å². The predicted octanol–water partition coefficient (Wildman–Crippen LogP) is 5.19. The molecule has 4 aromatic rings. The molecule has 2 N–H and O–H groups in total. The number of aromatic nitrogens is 8. The lowest BCUT2D eigenvalue weighted by molar-refractivity contribution is -0.152. The number of halogens is 3. The summed E-state index contributed by atoms with van der Waals surface area (Å²) in [6.07, 6.45) is 4.54. The van der Waals surface area contributed by atoms with Crippen molar-refractivity contribution in [2.75, 3.05) is 25.6 Å². The van der Waals surface area contributed by atoms with Gasteiger partial charge in [0.1, 0.15) is 23.2 Å². The number of hydrogen-bond donors (Lipinski definition) is 2. The summed E-state index contributed by atoms with van der Waals surface area (Å²) >= 11 is 0. The molecule has 4 aromatic heterocycles. The number of anilines is 1. The zero-order valence-electron chi connectivity index (χ0n) is 23.6. The molecule has 2 aliphatic heterocycles. The van der Waals surface area contributed by atoms with Crippen molar-refractivity contribution in [2.45, 2.75) is 81.5 Å². The van der Waals surface area contributed by atoms with E-state index in [9.17, 15) is 13.2 Å². The van der Waals surface area contributed by atoms with E-state index in [1.165, 1.54) is 6.33 Å². The van der Waals surface area contributed by atoms with Gasteiger partial charge in [0.2, 0.25) is 5.88 Å². The average molecular weight is 584 g/mol. The molecule has 2 saturated heterocycles. The largest absolute Gasteiger partial charge is 0.480 e. The number of alkyl halides is 3. The van der Waals surface area contributed by atoms with Crippen LogP contribution in [0.25, 0.3) is 22.6 Å².